The molecule has 0 radical (unpaired) electrons. The second kappa shape index (κ2) is 5.73. The maximum Gasteiger partial charge on any atom is 0.265 e. The van der Waals surface area contributed by atoms with Crippen LogP contribution in [0, 0.1) is 5.92 Å². The summed E-state index contributed by atoms with van der Waals surface area (Å²) in [6, 6.07) is 5.28. The predicted molar refractivity (Wildman–Crippen MR) is 79.4 cm³/mol. The van der Waals surface area contributed by atoms with Gasteiger partial charge in [-0.1, -0.05) is 0 Å². The average molecular weight is 289 g/mol. The van der Waals surface area contributed by atoms with Crippen LogP contribution in [0.15, 0.2) is 18.2 Å². The molecule has 6 heteroatoms. The first kappa shape index (κ1) is 13.9. The molecule has 1 unspecified atom stereocenters. The van der Waals surface area contributed by atoms with Gasteiger partial charge in [-0.15, -0.1) is 0 Å². The molecule has 2 atom stereocenters. The molecule has 3 N–H and O–H groups in total. The van der Waals surface area contributed by atoms with Crippen molar-refractivity contribution >= 4 is 23.2 Å². The molecule has 0 spiro atoms. The molecule has 0 aliphatic carbocycles. The topological polar surface area (TPSA) is 79.5 Å². The van der Waals surface area contributed by atoms with E-state index < -0.39 is 6.10 Å². The summed E-state index contributed by atoms with van der Waals surface area (Å²) in [5.41, 5.74) is 1.26. The molecule has 0 saturated carbocycles. The van der Waals surface area contributed by atoms with Crippen LogP contribution in [0.2, 0.25) is 0 Å². The maximum atomic E-state index is 12.2. The fourth-order valence-electron chi connectivity index (χ4n) is 2.61. The molecule has 21 heavy (non-hydrogen) atoms. The Hall–Kier alpha value is -2.08. The monoisotopic (exact) mass is 289 g/mol. The SMILES string of the molecule is CC1Oc2ccc(NC(=O)[C@@H]3CCCNC3)cc2NC1=O. The zero-order valence-electron chi connectivity index (χ0n) is 11.9. The minimum atomic E-state index is -0.494. The van der Waals surface area contributed by atoms with Gasteiger partial charge in [0.05, 0.1) is 11.6 Å². The van der Waals surface area contributed by atoms with E-state index in [1.807, 2.05) is 0 Å². The highest BCUT2D eigenvalue weighted by Crippen LogP contribution is 2.32. The second-order valence-corrected chi connectivity index (χ2v) is 5.49. The van der Waals surface area contributed by atoms with Gasteiger partial charge >= 0.3 is 0 Å². The number of ether oxygens (including phenoxy) is 1. The third-order valence-corrected chi connectivity index (χ3v) is 3.85. The summed E-state index contributed by atoms with van der Waals surface area (Å²) in [4.78, 5) is 23.8. The van der Waals surface area contributed by atoms with E-state index in [0.29, 0.717) is 23.7 Å². The number of anilines is 2. The van der Waals surface area contributed by atoms with Crippen LogP contribution >= 0.6 is 0 Å². The minimum Gasteiger partial charge on any atom is -0.479 e. The number of rotatable bonds is 2. The predicted octanol–water partition coefficient (Wildman–Crippen LogP) is 1.34. The number of hydrogen-bond donors (Lipinski definition) is 3. The Morgan fingerprint density at radius 3 is 3.05 bits per heavy atom. The van der Waals surface area contributed by atoms with Crippen molar-refractivity contribution < 1.29 is 14.3 Å². The third-order valence-electron chi connectivity index (χ3n) is 3.85. The van der Waals surface area contributed by atoms with Crippen LogP contribution in [-0.2, 0) is 9.59 Å². The van der Waals surface area contributed by atoms with Crippen LogP contribution in [0.3, 0.4) is 0 Å². The maximum absolute atomic E-state index is 12.2. The van der Waals surface area contributed by atoms with E-state index >= 15 is 0 Å². The highest BCUT2D eigenvalue weighted by molar-refractivity contribution is 5.99. The lowest BCUT2D eigenvalue weighted by Crippen LogP contribution is -2.37. The normalized spacial score (nSPS) is 24.5. The molecule has 1 saturated heterocycles. The third kappa shape index (κ3) is 3.00. The number of hydrogen-bond acceptors (Lipinski definition) is 4. The van der Waals surface area contributed by atoms with E-state index in [-0.39, 0.29) is 17.7 Å². The number of amides is 2. The summed E-state index contributed by atoms with van der Waals surface area (Å²) in [5, 5.41) is 8.90. The van der Waals surface area contributed by atoms with E-state index in [1.54, 1.807) is 25.1 Å². The van der Waals surface area contributed by atoms with Gasteiger partial charge in [0.1, 0.15) is 5.75 Å². The Labute approximate surface area is 123 Å². The molecule has 3 rings (SSSR count). The number of carbonyl (C=O) groups is 2. The molecular weight excluding hydrogens is 270 g/mol. The lowest BCUT2D eigenvalue weighted by Gasteiger charge is -2.25. The van der Waals surface area contributed by atoms with Crippen molar-refractivity contribution in [1.29, 1.82) is 0 Å². The van der Waals surface area contributed by atoms with Gasteiger partial charge in [-0.3, -0.25) is 9.59 Å². The molecule has 1 aromatic carbocycles. The van der Waals surface area contributed by atoms with Crippen molar-refractivity contribution in [2.24, 2.45) is 5.92 Å². The Morgan fingerprint density at radius 1 is 1.43 bits per heavy atom. The summed E-state index contributed by atoms with van der Waals surface area (Å²) in [6.45, 7) is 3.39. The molecule has 2 aliphatic rings. The summed E-state index contributed by atoms with van der Waals surface area (Å²) < 4.78 is 5.49. The van der Waals surface area contributed by atoms with Crippen LogP contribution in [0.5, 0.6) is 5.75 Å². The first-order valence-electron chi connectivity index (χ1n) is 7.26. The van der Waals surface area contributed by atoms with Crippen molar-refractivity contribution in [2.45, 2.75) is 25.9 Å². The number of piperidine rings is 1. The summed E-state index contributed by atoms with van der Waals surface area (Å²) in [6.07, 6.45) is 1.43. The lowest BCUT2D eigenvalue weighted by molar-refractivity contribution is -0.122. The second-order valence-electron chi connectivity index (χ2n) is 5.49. The van der Waals surface area contributed by atoms with Gasteiger partial charge in [0.15, 0.2) is 6.10 Å². The molecule has 0 aromatic heterocycles. The van der Waals surface area contributed by atoms with Gasteiger partial charge in [-0.25, -0.2) is 0 Å². The van der Waals surface area contributed by atoms with E-state index in [9.17, 15) is 9.59 Å². The molecule has 112 valence electrons. The van der Waals surface area contributed by atoms with E-state index in [2.05, 4.69) is 16.0 Å². The molecular formula is C15H19N3O3. The smallest absolute Gasteiger partial charge is 0.265 e. The molecule has 2 amide bonds. The largest absolute Gasteiger partial charge is 0.479 e. The van der Waals surface area contributed by atoms with Gasteiger partial charge in [-0.05, 0) is 44.5 Å². The zero-order chi connectivity index (χ0) is 14.8. The molecule has 2 aliphatic heterocycles. The first-order chi connectivity index (χ1) is 10.1. The minimum absolute atomic E-state index is 0.000598. The Morgan fingerprint density at radius 2 is 2.29 bits per heavy atom. The van der Waals surface area contributed by atoms with Crippen molar-refractivity contribution in [3.8, 4) is 5.75 Å². The van der Waals surface area contributed by atoms with Crippen LogP contribution < -0.4 is 20.7 Å². The van der Waals surface area contributed by atoms with E-state index in [1.165, 1.54) is 0 Å². The van der Waals surface area contributed by atoms with E-state index in [0.717, 1.165) is 19.4 Å². The van der Waals surface area contributed by atoms with Crippen molar-refractivity contribution in [2.75, 3.05) is 23.7 Å². The molecule has 1 fully saturated rings. The van der Waals surface area contributed by atoms with Crippen molar-refractivity contribution in [3.05, 3.63) is 18.2 Å². The fourth-order valence-corrected chi connectivity index (χ4v) is 2.61. The van der Waals surface area contributed by atoms with E-state index in [4.69, 9.17) is 4.74 Å². The van der Waals surface area contributed by atoms with Gasteiger partial charge in [0.2, 0.25) is 5.91 Å². The van der Waals surface area contributed by atoms with Gasteiger partial charge < -0.3 is 20.7 Å². The zero-order valence-corrected chi connectivity index (χ0v) is 11.9. The number of benzene rings is 1. The highest BCUT2D eigenvalue weighted by atomic mass is 16.5. The number of nitrogens with one attached hydrogen (secondary N) is 3. The summed E-state index contributed by atoms with van der Waals surface area (Å²) in [5.74, 6) is 0.459. The highest BCUT2D eigenvalue weighted by Gasteiger charge is 2.25. The van der Waals surface area contributed by atoms with Crippen molar-refractivity contribution in [1.82, 2.24) is 5.32 Å². The molecule has 1 aromatic rings. The molecule has 2 heterocycles. The van der Waals surface area contributed by atoms with Crippen LogP contribution in [-0.4, -0.2) is 31.0 Å². The van der Waals surface area contributed by atoms with Gasteiger partial charge in [-0.2, -0.15) is 0 Å². The summed E-state index contributed by atoms with van der Waals surface area (Å²) in [7, 11) is 0. The van der Waals surface area contributed by atoms with Crippen molar-refractivity contribution in [3.63, 3.8) is 0 Å². The number of fused-ring (bicyclic) bond motifs is 1. The van der Waals surface area contributed by atoms with Gasteiger partial charge in [0.25, 0.3) is 5.91 Å². The number of carbonyl (C=O) groups excluding carboxylic acids is 2. The van der Waals surface area contributed by atoms with Gasteiger partial charge in [0, 0.05) is 12.2 Å². The molecule has 6 nitrogen and oxygen atoms in total. The van der Waals surface area contributed by atoms with Crippen LogP contribution in [0.25, 0.3) is 0 Å². The Balaban J connectivity index is 1.70. The Kier molecular flexibility index (Phi) is 3.79. The summed E-state index contributed by atoms with van der Waals surface area (Å²) >= 11 is 0. The van der Waals surface area contributed by atoms with Crippen LogP contribution in [0.1, 0.15) is 19.8 Å². The average Bonchev–Trinajstić information content (AvgIpc) is 2.49. The Bertz CT molecular complexity index is 567. The standard InChI is InChI=1S/C15H19N3O3/c1-9-14(19)18-12-7-11(4-5-13(12)21-9)17-15(20)10-3-2-6-16-8-10/h4-5,7,9-10,16H,2-3,6,8H2,1H3,(H,17,20)(H,18,19)/t9?,10-/m1/s1. The first-order valence-corrected chi connectivity index (χ1v) is 7.26. The lowest BCUT2D eigenvalue weighted by atomic mass is 9.99. The molecule has 0 bridgehead atoms. The quantitative estimate of drug-likeness (QED) is 0.767. The van der Waals surface area contributed by atoms with Crippen LogP contribution in [0.4, 0.5) is 11.4 Å². The fraction of sp³-hybridized carbons (Fsp3) is 0.467.